The Bertz CT molecular complexity index is 1160. The molecule has 0 aliphatic heterocycles. The largest absolute Gasteiger partial charge is 0.489 e. The van der Waals surface area contributed by atoms with E-state index < -0.39 is 12.1 Å². The Kier molecular flexibility index (Phi) is 10.2. The fourth-order valence-corrected chi connectivity index (χ4v) is 4.11. The molecule has 7 heteroatoms. The maximum absolute atomic E-state index is 13.1. The van der Waals surface area contributed by atoms with Gasteiger partial charge in [0.15, 0.2) is 0 Å². The van der Waals surface area contributed by atoms with Gasteiger partial charge in [0, 0.05) is 6.54 Å². The Morgan fingerprint density at radius 1 is 0.946 bits per heavy atom. The number of benzene rings is 3. The van der Waals surface area contributed by atoms with Crippen molar-refractivity contribution in [3.8, 4) is 5.75 Å². The van der Waals surface area contributed by atoms with E-state index in [9.17, 15) is 14.0 Å². The van der Waals surface area contributed by atoms with E-state index in [0.29, 0.717) is 25.3 Å². The van der Waals surface area contributed by atoms with Crippen LogP contribution in [0, 0.1) is 19.7 Å². The third-order valence-electron chi connectivity index (χ3n) is 6.29. The molecular weight excluding hydrogens is 469 g/mol. The molecule has 6 nitrogen and oxygen atoms in total. The number of nitrogens with one attached hydrogen (secondary N) is 2. The van der Waals surface area contributed by atoms with Gasteiger partial charge in [-0.1, -0.05) is 42.5 Å². The van der Waals surface area contributed by atoms with Crippen LogP contribution in [0.1, 0.15) is 41.2 Å². The number of carbonyl (C=O) groups excluding carboxylic acids is 2. The van der Waals surface area contributed by atoms with Crippen LogP contribution < -0.4 is 21.1 Å². The van der Waals surface area contributed by atoms with Gasteiger partial charge in [0.1, 0.15) is 24.2 Å². The van der Waals surface area contributed by atoms with E-state index >= 15 is 0 Å². The summed E-state index contributed by atoms with van der Waals surface area (Å²) in [6.07, 6.45) is 2.03. The van der Waals surface area contributed by atoms with Gasteiger partial charge < -0.3 is 21.1 Å². The van der Waals surface area contributed by atoms with Crippen LogP contribution in [-0.4, -0.2) is 30.4 Å². The lowest BCUT2D eigenvalue weighted by molar-refractivity contribution is -0.129. The van der Waals surface area contributed by atoms with E-state index in [1.807, 2.05) is 44.2 Å². The summed E-state index contributed by atoms with van der Waals surface area (Å²) in [7, 11) is 0. The molecule has 0 aliphatic rings. The summed E-state index contributed by atoms with van der Waals surface area (Å²) in [5.74, 6) is -0.196. The second-order valence-electron chi connectivity index (χ2n) is 9.37. The Balaban J connectivity index is 1.46. The molecule has 3 rings (SSSR count). The molecule has 196 valence electrons. The maximum atomic E-state index is 13.1. The number of ether oxygens (including phenoxy) is 1. The van der Waals surface area contributed by atoms with Gasteiger partial charge in [0.2, 0.25) is 11.8 Å². The van der Waals surface area contributed by atoms with E-state index in [1.54, 1.807) is 19.1 Å². The minimum Gasteiger partial charge on any atom is -0.489 e. The molecular formula is C30H36FN3O3. The second kappa shape index (κ2) is 13.6. The zero-order valence-electron chi connectivity index (χ0n) is 21.7. The molecule has 3 aromatic rings. The molecule has 3 aromatic carbocycles. The zero-order chi connectivity index (χ0) is 26.8. The van der Waals surface area contributed by atoms with Gasteiger partial charge in [0.25, 0.3) is 0 Å². The first-order valence-corrected chi connectivity index (χ1v) is 12.6. The Morgan fingerprint density at radius 2 is 1.59 bits per heavy atom. The van der Waals surface area contributed by atoms with Crippen molar-refractivity contribution in [3.63, 3.8) is 0 Å². The highest BCUT2D eigenvalue weighted by Crippen LogP contribution is 2.24. The van der Waals surface area contributed by atoms with Crippen molar-refractivity contribution in [3.05, 3.63) is 100 Å². The lowest BCUT2D eigenvalue weighted by Gasteiger charge is -2.19. The highest BCUT2D eigenvalue weighted by atomic mass is 19.1. The average molecular weight is 506 g/mol. The molecule has 0 aromatic heterocycles. The van der Waals surface area contributed by atoms with Crippen molar-refractivity contribution in [2.45, 2.75) is 58.7 Å². The molecule has 0 unspecified atom stereocenters. The van der Waals surface area contributed by atoms with Crippen LogP contribution in [0.15, 0.2) is 66.7 Å². The molecule has 2 atom stereocenters. The lowest BCUT2D eigenvalue weighted by atomic mass is 9.96. The number of hydrogen-bond donors (Lipinski definition) is 3. The Morgan fingerprint density at radius 3 is 2.24 bits per heavy atom. The number of rotatable bonds is 12. The SMILES string of the molecule is Cc1cc(OCc2ccc(F)cc2)cc(C)c1C[C@@H](N)C(=O)N[C@H](C)C(=O)NCCCc1ccccc1. The summed E-state index contributed by atoms with van der Waals surface area (Å²) in [4.78, 5) is 25.1. The minimum atomic E-state index is -0.795. The van der Waals surface area contributed by atoms with Crippen molar-refractivity contribution in [2.24, 2.45) is 5.73 Å². The molecule has 4 N–H and O–H groups in total. The first-order valence-electron chi connectivity index (χ1n) is 12.6. The summed E-state index contributed by atoms with van der Waals surface area (Å²) in [6, 6.07) is 18.6. The van der Waals surface area contributed by atoms with Crippen molar-refractivity contribution < 1.29 is 18.7 Å². The van der Waals surface area contributed by atoms with Crippen LogP contribution in [0.4, 0.5) is 4.39 Å². The molecule has 0 saturated heterocycles. The Hall–Kier alpha value is -3.71. The molecule has 0 heterocycles. The van der Waals surface area contributed by atoms with E-state index in [0.717, 1.165) is 35.1 Å². The van der Waals surface area contributed by atoms with Gasteiger partial charge >= 0.3 is 0 Å². The van der Waals surface area contributed by atoms with Gasteiger partial charge in [-0.05, 0) is 92.1 Å². The second-order valence-corrected chi connectivity index (χ2v) is 9.37. The maximum Gasteiger partial charge on any atom is 0.242 e. The van der Waals surface area contributed by atoms with E-state index in [4.69, 9.17) is 10.5 Å². The minimum absolute atomic E-state index is 0.233. The number of aryl methyl sites for hydroxylation is 3. The van der Waals surface area contributed by atoms with Crippen LogP contribution >= 0.6 is 0 Å². The van der Waals surface area contributed by atoms with Crippen LogP contribution in [0.2, 0.25) is 0 Å². The van der Waals surface area contributed by atoms with Gasteiger partial charge in [-0.15, -0.1) is 0 Å². The van der Waals surface area contributed by atoms with Crippen LogP contribution in [0.25, 0.3) is 0 Å². The number of carbonyl (C=O) groups is 2. The molecule has 0 fully saturated rings. The number of hydrogen-bond acceptors (Lipinski definition) is 4. The van der Waals surface area contributed by atoms with Gasteiger partial charge in [0.05, 0.1) is 6.04 Å². The van der Waals surface area contributed by atoms with E-state index in [-0.39, 0.29) is 17.6 Å². The quantitative estimate of drug-likeness (QED) is 0.323. The summed E-state index contributed by atoms with van der Waals surface area (Å²) in [5.41, 5.74) is 11.2. The predicted octanol–water partition coefficient (Wildman–Crippen LogP) is 4.15. The van der Waals surface area contributed by atoms with E-state index in [2.05, 4.69) is 22.8 Å². The standard InChI is InChI=1S/C30H36FN3O3/c1-20-16-26(37-19-24-11-13-25(31)14-12-24)17-21(2)27(20)18-28(32)30(36)34-22(3)29(35)33-15-7-10-23-8-5-4-6-9-23/h4-6,8-9,11-14,16-17,22,28H,7,10,15,18-19,32H2,1-3H3,(H,33,35)(H,34,36)/t22-,28-/m1/s1. The van der Waals surface area contributed by atoms with Crippen molar-refractivity contribution in [1.82, 2.24) is 10.6 Å². The molecule has 0 radical (unpaired) electrons. The molecule has 0 aliphatic carbocycles. The van der Waals surface area contributed by atoms with Crippen LogP contribution in [-0.2, 0) is 29.0 Å². The topological polar surface area (TPSA) is 93.4 Å². The average Bonchev–Trinajstić information content (AvgIpc) is 2.88. The Labute approximate surface area is 218 Å². The van der Waals surface area contributed by atoms with E-state index in [1.165, 1.54) is 17.7 Å². The van der Waals surface area contributed by atoms with Crippen LogP contribution in [0.5, 0.6) is 5.75 Å². The molecule has 0 saturated carbocycles. The monoisotopic (exact) mass is 505 g/mol. The highest BCUT2D eigenvalue weighted by Gasteiger charge is 2.21. The van der Waals surface area contributed by atoms with Crippen molar-refractivity contribution >= 4 is 11.8 Å². The molecule has 0 spiro atoms. The van der Waals surface area contributed by atoms with Gasteiger partial charge in [-0.2, -0.15) is 0 Å². The molecule has 37 heavy (non-hydrogen) atoms. The lowest BCUT2D eigenvalue weighted by Crippen LogP contribution is -2.51. The fourth-order valence-electron chi connectivity index (χ4n) is 4.11. The zero-order valence-corrected chi connectivity index (χ0v) is 21.7. The molecule has 0 bridgehead atoms. The summed E-state index contributed by atoms with van der Waals surface area (Å²) >= 11 is 0. The smallest absolute Gasteiger partial charge is 0.242 e. The summed E-state index contributed by atoms with van der Waals surface area (Å²) in [6.45, 7) is 6.41. The van der Waals surface area contributed by atoms with Crippen LogP contribution in [0.3, 0.4) is 0 Å². The normalized spacial score (nSPS) is 12.5. The summed E-state index contributed by atoms with van der Waals surface area (Å²) in [5, 5.41) is 5.59. The third kappa shape index (κ3) is 8.72. The highest BCUT2D eigenvalue weighted by molar-refractivity contribution is 5.89. The third-order valence-corrected chi connectivity index (χ3v) is 6.29. The number of halogens is 1. The predicted molar refractivity (Wildman–Crippen MR) is 144 cm³/mol. The fraction of sp³-hybridized carbons (Fsp3) is 0.333. The number of amides is 2. The first-order chi connectivity index (χ1) is 17.7. The van der Waals surface area contributed by atoms with Crippen molar-refractivity contribution in [1.29, 1.82) is 0 Å². The van der Waals surface area contributed by atoms with Crippen molar-refractivity contribution in [2.75, 3.05) is 6.54 Å². The first kappa shape index (κ1) is 27.9. The van der Waals surface area contributed by atoms with Gasteiger partial charge in [-0.25, -0.2) is 4.39 Å². The summed E-state index contributed by atoms with van der Waals surface area (Å²) < 4.78 is 19.0. The van der Waals surface area contributed by atoms with Gasteiger partial charge in [-0.3, -0.25) is 9.59 Å². The molecule has 2 amide bonds. The number of nitrogens with two attached hydrogens (primary N) is 1.